The summed E-state index contributed by atoms with van der Waals surface area (Å²) in [6, 6.07) is 3.65. The highest BCUT2D eigenvalue weighted by Crippen LogP contribution is 2.42. The third-order valence-corrected chi connectivity index (χ3v) is 10.9. The minimum atomic E-state index is -3.50. The van der Waals surface area contributed by atoms with Crippen LogP contribution >= 0.6 is 0 Å². The number of hydrogen-bond acceptors (Lipinski definition) is 6. The van der Waals surface area contributed by atoms with Gasteiger partial charge in [-0.2, -0.15) is 4.31 Å². The molecule has 0 saturated carbocycles. The van der Waals surface area contributed by atoms with Crippen molar-refractivity contribution in [3.63, 3.8) is 0 Å². The molecule has 196 valence electrons. The molecule has 1 aromatic rings. The van der Waals surface area contributed by atoms with E-state index in [1.54, 1.807) is 16.6 Å². The predicted octanol–water partition coefficient (Wildman–Crippen LogP) is 4.14. The minimum absolute atomic E-state index is 0.0776. The van der Waals surface area contributed by atoms with Crippen molar-refractivity contribution in [3.05, 3.63) is 18.3 Å². The molecule has 1 aromatic heterocycles. The number of pyridine rings is 1. The maximum atomic E-state index is 13.4. The summed E-state index contributed by atoms with van der Waals surface area (Å²) < 4.78 is 34.6. The van der Waals surface area contributed by atoms with Crippen molar-refractivity contribution in [3.8, 4) is 0 Å². The van der Waals surface area contributed by atoms with Gasteiger partial charge in [0.2, 0.25) is 10.0 Å². The molecule has 0 N–H and O–H groups in total. The molecule has 0 aromatic carbocycles. The number of piperidine rings is 2. The molecule has 4 saturated heterocycles. The molecular weight excluding hydrogens is 460 g/mol. The average Bonchev–Trinajstić information content (AvgIpc) is 3.47. The highest BCUT2D eigenvalue weighted by Gasteiger charge is 2.45. The normalized spacial score (nSPS) is 25.6. The van der Waals surface area contributed by atoms with Gasteiger partial charge in [-0.05, 0) is 94.0 Å². The Labute approximate surface area is 212 Å². The maximum Gasteiger partial charge on any atom is 0.244 e. The van der Waals surface area contributed by atoms with Crippen LogP contribution < -0.4 is 4.90 Å². The molecule has 2 spiro atoms. The van der Waals surface area contributed by atoms with Crippen molar-refractivity contribution in [2.45, 2.75) is 82.6 Å². The van der Waals surface area contributed by atoms with Gasteiger partial charge < -0.3 is 14.5 Å². The van der Waals surface area contributed by atoms with Crippen molar-refractivity contribution >= 4 is 15.8 Å². The van der Waals surface area contributed by atoms with E-state index in [0.717, 1.165) is 90.1 Å². The highest BCUT2D eigenvalue weighted by molar-refractivity contribution is 7.89. The van der Waals surface area contributed by atoms with E-state index in [1.807, 2.05) is 6.07 Å². The summed E-state index contributed by atoms with van der Waals surface area (Å²) in [5.74, 6) is 0.873. The molecule has 0 radical (unpaired) electrons. The zero-order valence-corrected chi connectivity index (χ0v) is 22.8. The molecule has 5 heterocycles. The third-order valence-electron chi connectivity index (χ3n) is 9.04. The Morgan fingerprint density at radius 2 is 1.69 bits per heavy atom. The van der Waals surface area contributed by atoms with E-state index in [9.17, 15) is 8.42 Å². The first-order valence-corrected chi connectivity index (χ1v) is 15.1. The average molecular weight is 505 g/mol. The number of aromatic nitrogens is 1. The fourth-order valence-electron chi connectivity index (χ4n) is 6.41. The quantitative estimate of drug-likeness (QED) is 0.600. The number of nitrogens with zero attached hydrogens (tertiary/aromatic N) is 4. The second kappa shape index (κ2) is 9.58. The first kappa shape index (κ1) is 25.4. The lowest BCUT2D eigenvalue weighted by Gasteiger charge is -2.40. The van der Waals surface area contributed by atoms with Crippen LogP contribution in [-0.2, 0) is 14.8 Å². The van der Waals surface area contributed by atoms with Gasteiger partial charge in [0.15, 0.2) is 0 Å². The van der Waals surface area contributed by atoms with Crippen LogP contribution in [0.1, 0.15) is 72.1 Å². The molecule has 0 bridgehead atoms. The van der Waals surface area contributed by atoms with Gasteiger partial charge >= 0.3 is 0 Å². The van der Waals surface area contributed by atoms with E-state index in [0.29, 0.717) is 23.4 Å². The minimum Gasteiger partial charge on any atom is -0.375 e. The van der Waals surface area contributed by atoms with E-state index in [2.05, 4.69) is 35.6 Å². The van der Waals surface area contributed by atoms with Gasteiger partial charge in [-0.3, -0.25) is 0 Å². The van der Waals surface area contributed by atoms with Crippen LogP contribution in [0.4, 0.5) is 5.82 Å². The van der Waals surface area contributed by atoms with E-state index in [1.165, 1.54) is 6.42 Å². The van der Waals surface area contributed by atoms with Crippen molar-refractivity contribution < 1.29 is 13.2 Å². The van der Waals surface area contributed by atoms with E-state index >= 15 is 0 Å². The molecule has 0 unspecified atom stereocenters. The van der Waals surface area contributed by atoms with Crippen LogP contribution in [0, 0.1) is 10.8 Å². The summed E-state index contributed by atoms with van der Waals surface area (Å²) in [6.45, 7) is 14.2. The number of ether oxygens (including phenoxy) is 1. The largest absolute Gasteiger partial charge is 0.375 e. The summed E-state index contributed by atoms with van der Waals surface area (Å²) >= 11 is 0. The van der Waals surface area contributed by atoms with Gasteiger partial charge in [-0.25, -0.2) is 13.4 Å². The van der Waals surface area contributed by atoms with Crippen LogP contribution in [0.2, 0.25) is 0 Å². The van der Waals surface area contributed by atoms with Crippen LogP contribution in [0.3, 0.4) is 0 Å². The zero-order valence-electron chi connectivity index (χ0n) is 22.0. The van der Waals surface area contributed by atoms with Crippen LogP contribution in [0.25, 0.3) is 0 Å². The molecule has 8 heteroatoms. The van der Waals surface area contributed by atoms with Crippen molar-refractivity contribution in [2.24, 2.45) is 10.8 Å². The number of anilines is 1. The number of rotatable bonds is 5. The summed E-state index contributed by atoms with van der Waals surface area (Å²) in [7, 11) is -3.50. The van der Waals surface area contributed by atoms with E-state index in [-0.39, 0.29) is 11.0 Å². The summed E-state index contributed by atoms with van der Waals surface area (Å²) in [4.78, 5) is 9.74. The second-order valence-corrected chi connectivity index (χ2v) is 14.7. The molecule has 4 aliphatic heterocycles. The molecule has 4 aliphatic rings. The van der Waals surface area contributed by atoms with Gasteiger partial charge in [-0.15, -0.1) is 0 Å². The molecular formula is C27H44N4O3S. The van der Waals surface area contributed by atoms with Crippen LogP contribution in [0.15, 0.2) is 23.2 Å². The monoisotopic (exact) mass is 504 g/mol. The molecule has 0 atom stereocenters. The highest BCUT2D eigenvalue weighted by atomic mass is 32.2. The molecule has 5 rings (SSSR count). The summed E-state index contributed by atoms with van der Waals surface area (Å²) in [5.41, 5.74) is 0.580. The molecule has 7 nitrogen and oxygen atoms in total. The Balaban J connectivity index is 1.16. The Hall–Kier alpha value is -1.22. The zero-order chi connectivity index (χ0) is 24.7. The predicted molar refractivity (Wildman–Crippen MR) is 139 cm³/mol. The molecule has 35 heavy (non-hydrogen) atoms. The first-order chi connectivity index (χ1) is 16.6. The lowest BCUT2D eigenvalue weighted by Crippen LogP contribution is -2.44. The Morgan fingerprint density at radius 3 is 2.29 bits per heavy atom. The van der Waals surface area contributed by atoms with Gasteiger partial charge in [0.1, 0.15) is 10.7 Å². The van der Waals surface area contributed by atoms with Crippen molar-refractivity contribution in [2.75, 3.05) is 57.3 Å². The van der Waals surface area contributed by atoms with E-state index < -0.39 is 10.0 Å². The van der Waals surface area contributed by atoms with Gasteiger partial charge in [0.25, 0.3) is 0 Å². The van der Waals surface area contributed by atoms with Crippen LogP contribution in [0.5, 0.6) is 0 Å². The van der Waals surface area contributed by atoms with Gasteiger partial charge in [-0.1, -0.05) is 20.8 Å². The summed E-state index contributed by atoms with van der Waals surface area (Å²) in [5, 5.41) is 0. The first-order valence-electron chi connectivity index (χ1n) is 13.7. The maximum absolute atomic E-state index is 13.4. The standard InChI is InChI=1S/C27H44N4O3S/c1-25(2,3)8-14-29-15-9-26(10-16-29)11-19-31(22-26)35(32,33)23-5-6-24(28-21-23)30-17-12-27(13-18-30)7-4-20-34-27/h5-6,21H,4,7-20,22H2,1-3H3. The third kappa shape index (κ3) is 5.55. The Morgan fingerprint density at radius 1 is 0.971 bits per heavy atom. The topological polar surface area (TPSA) is 66.0 Å². The number of hydrogen-bond donors (Lipinski definition) is 0. The smallest absolute Gasteiger partial charge is 0.244 e. The molecule has 4 fully saturated rings. The lowest BCUT2D eigenvalue weighted by molar-refractivity contribution is -0.0147. The Kier molecular flexibility index (Phi) is 6.96. The van der Waals surface area contributed by atoms with Crippen molar-refractivity contribution in [1.82, 2.24) is 14.2 Å². The molecule has 0 aliphatic carbocycles. The van der Waals surface area contributed by atoms with Crippen LogP contribution in [-0.4, -0.2) is 80.6 Å². The number of likely N-dealkylation sites (tertiary alicyclic amines) is 1. The fourth-order valence-corrected chi connectivity index (χ4v) is 7.91. The summed E-state index contributed by atoms with van der Waals surface area (Å²) in [6.07, 6.45) is 10.3. The second-order valence-electron chi connectivity index (χ2n) is 12.7. The lowest BCUT2D eigenvalue weighted by atomic mass is 9.77. The van der Waals surface area contributed by atoms with Gasteiger partial charge in [0, 0.05) is 39.0 Å². The SMILES string of the molecule is CC(C)(C)CCN1CCC2(CC1)CCN(S(=O)(=O)c1ccc(N3CCC4(CCCO4)CC3)nc1)C2. The number of sulfonamides is 1. The van der Waals surface area contributed by atoms with Crippen molar-refractivity contribution in [1.29, 1.82) is 0 Å². The Bertz CT molecular complexity index is 965. The van der Waals surface area contributed by atoms with E-state index in [4.69, 9.17) is 4.74 Å². The van der Waals surface area contributed by atoms with Gasteiger partial charge in [0.05, 0.1) is 5.60 Å². The molecule has 0 amide bonds. The fraction of sp³-hybridized carbons (Fsp3) is 0.815.